The van der Waals surface area contributed by atoms with Crippen molar-refractivity contribution >= 4 is 0 Å². The van der Waals surface area contributed by atoms with E-state index in [1.807, 2.05) is 27.7 Å². The Morgan fingerprint density at radius 3 is 1.79 bits per heavy atom. The molecule has 28 heavy (non-hydrogen) atoms. The van der Waals surface area contributed by atoms with Gasteiger partial charge in [0.15, 0.2) is 0 Å². The maximum absolute atomic E-state index is 10.2. The van der Waals surface area contributed by atoms with E-state index in [2.05, 4.69) is 44.9 Å². The standard InChI is InChI=1S/C16H28O.C3H4.2C2H6.C2H2.H3NO/c1-16(2)10-4-6-12-11-5-3-7-15(17)13(11)8-9-14(12)16;1-3-2;4*1-2/h11-15,17H,3-10H2,1-2H3;1H,2H3;2*1-2H3;1-2H;2H,1H2/t11-,12?,13?,14-,15+;;;;;/m0...../s1. The lowest BCUT2D eigenvalue weighted by Gasteiger charge is -2.55. The second-order valence-electron chi connectivity index (χ2n) is 7.84. The Labute approximate surface area is 176 Å². The Morgan fingerprint density at radius 2 is 1.29 bits per heavy atom. The van der Waals surface area contributed by atoms with Crippen molar-refractivity contribution in [3.8, 4) is 25.2 Å². The molecular weight excluding hydrogens is 346 g/mol. The van der Waals surface area contributed by atoms with Crippen LogP contribution >= 0.6 is 0 Å². The fraction of sp³-hybridized carbons (Fsp3) is 0.840. The highest BCUT2D eigenvalue weighted by Crippen LogP contribution is 2.56. The van der Waals surface area contributed by atoms with Crippen LogP contribution in [0.25, 0.3) is 0 Å². The number of hydrogen-bond donors (Lipinski definition) is 3. The van der Waals surface area contributed by atoms with Crippen LogP contribution in [0.4, 0.5) is 0 Å². The number of aliphatic hydroxyl groups is 1. The van der Waals surface area contributed by atoms with Crippen LogP contribution in [0.1, 0.15) is 99.8 Å². The molecule has 0 heterocycles. The van der Waals surface area contributed by atoms with Crippen LogP contribution < -0.4 is 5.90 Å². The molecule has 0 aromatic heterocycles. The molecule has 3 rings (SSSR count). The third kappa shape index (κ3) is 9.47. The smallest absolute Gasteiger partial charge is 0.0571 e. The third-order valence-electron chi connectivity index (χ3n) is 6.32. The lowest BCUT2D eigenvalue weighted by Crippen LogP contribution is -2.48. The first kappa shape index (κ1) is 31.7. The third-order valence-corrected chi connectivity index (χ3v) is 6.32. The van der Waals surface area contributed by atoms with Crippen LogP contribution in [-0.4, -0.2) is 16.4 Å². The summed E-state index contributed by atoms with van der Waals surface area (Å²) < 4.78 is 0. The minimum absolute atomic E-state index is 0.0275. The zero-order chi connectivity index (χ0) is 22.8. The predicted molar refractivity (Wildman–Crippen MR) is 124 cm³/mol. The summed E-state index contributed by atoms with van der Waals surface area (Å²) in [6.07, 6.45) is 23.3. The molecule has 0 saturated heterocycles. The second-order valence-corrected chi connectivity index (χ2v) is 7.84. The van der Waals surface area contributed by atoms with Gasteiger partial charge in [-0.05, 0) is 74.5 Å². The van der Waals surface area contributed by atoms with E-state index >= 15 is 0 Å². The van der Waals surface area contributed by atoms with Gasteiger partial charge in [0.25, 0.3) is 0 Å². The molecule has 3 heteroatoms. The molecule has 0 aromatic rings. The van der Waals surface area contributed by atoms with Crippen LogP contribution in [0.3, 0.4) is 0 Å². The lowest BCUT2D eigenvalue weighted by atomic mass is 9.51. The molecule has 0 bridgehead atoms. The first-order chi connectivity index (χ1) is 13.5. The summed E-state index contributed by atoms with van der Waals surface area (Å²) in [6.45, 7) is 14.6. The molecule has 0 aromatic carbocycles. The molecule has 3 saturated carbocycles. The zero-order valence-electron chi connectivity index (χ0n) is 19.7. The largest absolute Gasteiger partial charge is 0.393 e. The van der Waals surface area contributed by atoms with E-state index in [4.69, 9.17) is 5.21 Å². The summed E-state index contributed by atoms with van der Waals surface area (Å²) >= 11 is 0. The zero-order valence-corrected chi connectivity index (χ0v) is 19.7. The first-order valence-electron chi connectivity index (χ1n) is 11.2. The molecule has 166 valence electrons. The topological polar surface area (TPSA) is 66.5 Å². The Bertz CT molecular complexity index is 397. The van der Waals surface area contributed by atoms with Gasteiger partial charge in [0.1, 0.15) is 0 Å². The Hall–Kier alpha value is -1.00. The minimum Gasteiger partial charge on any atom is -0.393 e. The monoisotopic (exact) mass is 395 g/mol. The maximum Gasteiger partial charge on any atom is 0.0571 e. The highest BCUT2D eigenvalue weighted by Gasteiger charge is 2.49. The van der Waals surface area contributed by atoms with Crippen molar-refractivity contribution in [3.05, 3.63) is 0 Å². The van der Waals surface area contributed by atoms with Gasteiger partial charge in [-0.2, -0.15) is 0 Å². The van der Waals surface area contributed by atoms with Crippen molar-refractivity contribution in [2.24, 2.45) is 35.0 Å². The molecule has 3 nitrogen and oxygen atoms in total. The van der Waals surface area contributed by atoms with Crippen molar-refractivity contribution in [2.45, 2.75) is 106 Å². The summed E-state index contributed by atoms with van der Waals surface area (Å²) in [6, 6.07) is 0. The molecule has 0 amide bonds. The van der Waals surface area contributed by atoms with Crippen LogP contribution in [-0.2, 0) is 0 Å². The van der Waals surface area contributed by atoms with E-state index in [0.717, 1.165) is 24.2 Å². The summed E-state index contributed by atoms with van der Waals surface area (Å²) in [4.78, 5) is 0. The highest BCUT2D eigenvalue weighted by molar-refractivity contribution is 4.99. The summed E-state index contributed by atoms with van der Waals surface area (Å²) in [7, 11) is 0. The highest BCUT2D eigenvalue weighted by atomic mass is 16.4. The van der Waals surface area contributed by atoms with Gasteiger partial charge in [-0.25, -0.2) is 5.90 Å². The van der Waals surface area contributed by atoms with Gasteiger partial charge in [-0.3, -0.25) is 0 Å². The van der Waals surface area contributed by atoms with E-state index in [9.17, 15) is 5.11 Å². The number of hydrogen-bond acceptors (Lipinski definition) is 3. The van der Waals surface area contributed by atoms with E-state index in [1.165, 1.54) is 44.9 Å². The molecular formula is C25H49NO2. The van der Waals surface area contributed by atoms with E-state index in [-0.39, 0.29) is 6.10 Å². The van der Waals surface area contributed by atoms with Crippen LogP contribution in [0.2, 0.25) is 0 Å². The molecule has 0 spiro atoms. The quantitative estimate of drug-likeness (QED) is 0.334. The lowest BCUT2D eigenvalue weighted by molar-refractivity contribution is -0.0816. The molecule has 4 N–H and O–H groups in total. The molecule has 3 aliphatic carbocycles. The molecule has 0 radical (unpaired) electrons. The molecule has 3 fully saturated rings. The Kier molecular flexibility index (Phi) is 21.9. The summed E-state index contributed by atoms with van der Waals surface area (Å²) in [5, 5.41) is 16.7. The number of fused-ring (bicyclic) bond motifs is 3. The summed E-state index contributed by atoms with van der Waals surface area (Å²) in [5.41, 5.74) is 0.566. The van der Waals surface area contributed by atoms with Gasteiger partial charge in [-0.1, -0.05) is 54.4 Å². The van der Waals surface area contributed by atoms with Gasteiger partial charge in [-0.15, -0.1) is 25.2 Å². The Balaban J connectivity index is -0.000000490. The van der Waals surface area contributed by atoms with Crippen molar-refractivity contribution < 1.29 is 10.3 Å². The number of nitrogens with two attached hydrogens (primary N) is 1. The average Bonchev–Trinajstić information content (AvgIpc) is 2.74. The first-order valence-corrected chi connectivity index (χ1v) is 11.2. The van der Waals surface area contributed by atoms with Gasteiger partial charge in [0.05, 0.1) is 6.10 Å². The van der Waals surface area contributed by atoms with E-state index in [1.54, 1.807) is 6.92 Å². The van der Waals surface area contributed by atoms with Crippen LogP contribution in [0, 0.1) is 54.3 Å². The minimum atomic E-state index is 0.0275. The predicted octanol–water partition coefficient (Wildman–Crippen LogP) is 6.28. The van der Waals surface area contributed by atoms with Crippen molar-refractivity contribution in [3.63, 3.8) is 0 Å². The van der Waals surface area contributed by atoms with Crippen molar-refractivity contribution in [1.29, 1.82) is 0 Å². The van der Waals surface area contributed by atoms with Gasteiger partial charge in [0, 0.05) is 0 Å². The second kappa shape index (κ2) is 19.3. The maximum atomic E-state index is 10.2. The number of terminal acetylenes is 2. The average molecular weight is 396 g/mol. The summed E-state index contributed by atoms with van der Waals surface area (Å²) in [5.74, 6) is 9.14. The van der Waals surface area contributed by atoms with Crippen molar-refractivity contribution in [2.75, 3.05) is 0 Å². The molecule has 5 atom stereocenters. The van der Waals surface area contributed by atoms with Crippen molar-refractivity contribution in [1.82, 2.24) is 0 Å². The van der Waals surface area contributed by atoms with E-state index in [0.29, 0.717) is 11.3 Å². The van der Waals surface area contributed by atoms with Gasteiger partial charge < -0.3 is 10.3 Å². The van der Waals surface area contributed by atoms with E-state index < -0.39 is 0 Å². The van der Waals surface area contributed by atoms with Crippen LogP contribution in [0.5, 0.6) is 0 Å². The normalized spacial score (nSPS) is 30.9. The molecule has 3 aliphatic rings. The fourth-order valence-corrected chi connectivity index (χ4v) is 5.46. The van der Waals surface area contributed by atoms with Gasteiger partial charge in [0.2, 0.25) is 0 Å². The number of aliphatic hydroxyl groups excluding tert-OH is 1. The van der Waals surface area contributed by atoms with Crippen LogP contribution in [0.15, 0.2) is 0 Å². The Morgan fingerprint density at radius 1 is 0.821 bits per heavy atom. The number of rotatable bonds is 0. The fourth-order valence-electron chi connectivity index (χ4n) is 5.46. The SMILES string of the molecule is C#C.C#CC.CC.CC.CC1(C)CCCC2[C@@H]3CCC[C@@H](O)C3CC[C@@H]21.NO. The van der Waals surface area contributed by atoms with Gasteiger partial charge >= 0.3 is 0 Å². The molecule has 0 aliphatic heterocycles. The molecule has 2 unspecified atom stereocenters.